The summed E-state index contributed by atoms with van der Waals surface area (Å²) in [7, 11) is 0. The van der Waals surface area contributed by atoms with Crippen LogP contribution in [0.1, 0.15) is 32.1 Å². The van der Waals surface area contributed by atoms with Gasteiger partial charge in [-0.2, -0.15) is 0 Å². The number of hydrogen-bond donors (Lipinski definition) is 2. The van der Waals surface area contributed by atoms with Crippen molar-refractivity contribution in [2.75, 3.05) is 19.7 Å². The zero-order chi connectivity index (χ0) is 10.0. The highest BCUT2D eigenvalue weighted by Gasteiger charge is 2.41. The summed E-state index contributed by atoms with van der Waals surface area (Å²) in [6, 6.07) is 0. The molecule has 0 amide bonds. The Balaban J connectivity index is 2.00. The molecule has 3 heteroatoms. The summed E-state index contributed by atoms with van der Waals surface area (Å²) in [6.07, 6.45) is 6.88. The molecule has 2 rings (SSSR count). The summed E-state index contributed by atoms with van der Waals surface area (Å²) in [5.41, 5.74) is 12.1. The molecule has 2 unspecified atom stereocenters. The van der Waals surface area contributed by atoms with E-state index in [4.69, 9.17) is 16.2 Å². The van der Waals surface area contributed by atoms with E-state index < -0.39 is 0 Å². The van der Waals surface area contributed by atoms with Crippen LogP contribution >= 0.6 is 0 Å². The molecule has 2 atom stereocenters. The lowest BCUT2D eigenvalue weighted by molar-refractivity contribution is 0.0965. The van der Waals surface area contributed by atoms with Gasteiger partial charge in [0.25, 0.3) is 0 Å². The fourth-order valence-electron chi connectivity index (χ4n) is 2.89. The van der Waals surface area contributed by atoms with Gasteiger partial charge in [0.2, 0.25) is 0 Å². The van der Waals surface area contributed by atoms with Crippen molar-refractivity contribution < 1.29 is 4.74 Å². The molecule has 82 valence electrons. The van der Waals surface area contributed by atoms with E-state index in [1.54, 1.807) is 0 Å². The smallest absolute Gasteiger partial charge is 0.0812 e. The lowest BCUT2D eigenvalue weighted by atomic mass is 9.64. The van der Waals surface area contributed by atoms with Gasteiger partial charge in [-0.25, -0.2) is 0 Å². The Bertz CT molecular complexity index is 188. The average molecular weight is 198 g/mol. The summed E-state index contributed by atoms with van der Waals surface area (Å²) >= 11 is 0. The molecule has 4 N–H and O–H groups in total. The second-order valence-corrected chi connectivity index (χ2v) is 4.90. The average Bonchev–Trinajstić information content (AvgIpc) is 3.03. The van der Waals surface area contributed by atoms with E-state index in [0.717, 1.165) is 19.7 Å². The largest absolute Gasteiger partial charge is 0.373 e. The summed E-state index contributed by atoms with van der Waals surface area (Å²) < 4.78 is 5.31. The van der Waals surface area contributed by atoms with Crippen LogP contribution in [0.25, 0.3) is 0 Å². The highest BCUT2D eigenvalue weighted by molar-refractivity contribution is 4.93. The highest BCUT2D eigenvalue weighted by atomic mass is 16.6. The predicted octanol–water partition coefficient (Wildman–Crippen LogP) is 0.869. The maximum absolute atomic E-state index is 5.91. The monoisotopic (exact) mass is 198 g/mol. The standard InChI is InChI=1S/C11H22N2O/c12-7-11(8-13)4-2-1-3-9(11)5-10-6-14-10/h9-10H,1-8,12-13H2. The maximum Gasteiger partial charge on any atom is 0.0812 e. The lowest BCUT2D eigenvalue weighted by Gasteiger charge is -2.43. The first-order chi connectivity index (χ1) is 6.80. The first-order valence-corrected chi connectivity index (χ1v) is 5.82. The number of epoxide rings is 1. The Kier molecular flexibility index (Phi) is 3.10. The third-order valence-corrected chi connectivity index (χ3v) is 4.11. The van der Waals surface area contributed by atoms with Crippen LogP contribution in [-0.2, 0) is 4.74 Å². The van der Waals surface area contributed by atoms with E-state index in [0.29, 0.717) is 12.0 Å². The molecule has 0 radical (unpaired) electrons. The summed E-state index contributed by atoms with van der Waals surface area (Å²) in [4.78, 5) is 0. The molecule has 0 aromatic carbocycles. The highest BCUT2D eigenvalue weighted by Crippen LogP contribution is 2.43. The van der Waals surface area contributed by atoms with Crippen LogP contribution in [0.15, 0.2) is 0 Å². The summed E-state index contributed by atoms with van der Waals surface area (Å²) in [5.74, 6) is 0.707. The molecule has 2 aliphatic rings. The van der Waals surface area contributed by atoms with E-state index in [2.05, 4.69) is 0 Å². The minimum atomic E-state index is 0.226. The van der Waals surface area contributed by atoms with Gasteiger partial charge in [0.1, 0.15) is 0 Å². The summed E-state index contributed by atoms with van der Waals surface area (Å²) in [6.45, 7) is 2.46. The molecule has 1 aliphatic carbocycles. The number of hydrogen-bond acceptors (Lipinski definition) is 3. The molecule has 14 heavy (non-hydrogen) atoms. The Morgan fingerprint density at radius 2 is 1.93 bits per heavy atom. The van der Waals surface area contributed by atoms with Crippen LogP contribution in [0.5, 0.6) is 0 Å². The van der Waals surface area contributed by atoms with Gasteiger partial charge < -0.3 is 16.2 Å². The number of nitrogens with two attached hydrogens (primary N) is 2. The molecule has 1 saturated heterocycles. The van der Waals surface area contributed by atoms with Crippen LogP contribution < -0.4 is 11.5 Å². The second kappa shape index (κ2) is 4.17. The van der Waals surface area contributed by atoms with Crippen LogP contribution in [0.4, 0.5) is 0 Å². The Morgan fingerprint density at radius 1 is 1.21 bits per heavy atom. The molecule has 0 aromatic heterocycles. The molecule has 1 heterocycles. The third kappa shape index (κ3) is 1.95. The van der Waals surface area contributed by atoms with Crippen LogP contribution in [0.2, 0.25) is 0 Å². The topological polar surface area (TPSA) is 64.6 Å². The molecule has 0 bridgehead atoms. The van der Waals surface area contributed by atoms with Crippen molar-refractivity contribution >= 4 is 0 Å². The van der Waals surface area contributed by atoms with Gasteiger partial charge in [-0.15, -0.1) is 0 Å². The predicted molar refractivity (Wildman–Crippen MR) is 56.9 cm³/mol. The van der Waals surface area contributed by atoms with E-state index in [1.807, 2.05) is 0 Å². The van der Waals surface area contributed by atoms with Gasteiger partial charge in [-0.1, -0.05) is 12.8 Å². The van der Waals surface area contributed by atoms with Crippen LogP contribution in [0.3, 0.4) is 0 Å². The van der Waals surface area contributed by atoms with Crippen molar-refractivity contribution in [3.8, 4) is 0 Å². The van der Waals surface area contributed by atoms with Crippen molar-refractivity contribution in [2.24, 2.45) is 22.8 Å². The molecular weight excluding hydrogens is 176 g/mol. The van der Waals surface area contributed by atoms with Crippen molar-refractivity contribution in [3.05, 3.63) is 0 Å². The first kappa shape index (κ1) is 10.4. The molecule has 1 saturated carbocycles. The zero-order valence-corrected chi connectivity index (χ0v) is 8.87. The summed E-state index contributed by atoms with van der Waals surface area (Å²) in [5, 5.41) is 0. The fourth-order valence-corrected chi connectivity index (χ4v) is 2.89. The minimum absolute atomic E-state index is 0.226. The third-order valence-electron chi connectivity index (χ3n) is 4.11. The fraction of sp³-hybridized carbons (Fsp3) is 1.00. The minimum Gasteiger partial charge on any atom is -0.373 e. The molecule has 2 fully saturated rings. The Hall–Kier alpha value is -0.120. The van der Waals surface area contributed by atoms with E-state index in [-0.39, 0.29) is 5.41 Å². The Labute approximate surface area is 86.2 Å². The molecule has 1 aliphatic heterocycles. The van der Waals surface area contributed by atoms with E-state index in [9.17, 15) is 0 Å². The first-order valence-electron chi connectivity index (χ1n) is 5.82. The van der Waals surface area contributed by atoms with Gasteiger partial charge in [-0.3, -0.25) is 0 Å². The zero-order valence-electron chi connectivity index (χ0n) is 8.87. The maximum atomic E-state index is 5.91. The normalized spacial score (nSPS) is 35.6. The quantitative estimate of drug-likeness (QED) is 0.659. The van der Waals surface area contributed by atoms with Crippen molar-refractivity contribution in [3.63, 3.8) is 0 Å². The number of rotatable bonds is 4. The molecule has 0 aromatic rings. The van der Waals surface area contributed by atoms with Crippen molar-refractivity contribution in [1.29, 1.82) is 0 Å². The van der Waals surface area contributed by atoms with Gasteiger partial charge in [0.05, 0.1) is 12.7 Å². The van der Waals surface area contributed by atoms with E-state index in [1.165, 1.54) is 32.1 Å². The van der Waals surface area contributed by atoms with E-state index >= 15 is 0 Å². The van der Waals surface area contributed by atoms with Gasteiger partial charge in [-0.05, 0) is 43.7 Å². The van der Waals surface area contributed by atoms with Gasteiger partial charge >= 0.3 is 0 Å². The second-order valence-electron chi connectivity index (χ2n) is 4.90. The van der Waals surface area contributed by atoms with Crippen molar-refractivity contribution in [1.82, 2.24) is 0 Å². The van der Waals surface area contributed by atoms with Crippen LogP contribution in [0, 0.1) is 11.3 Å². The molecule has 0 spiro atoms. The van der Waals surface area contributed by atoms with Crippen molar-refractivity contribution in [2.45, 2.75) is 38.2 Å². The van der Waals surface area contributed by atoms with Gasteiger partial charge in [0, 0.05) is 0 Å². The molecule has 3 nitrogen and oxygen atoms in total. The SMILES string of the molecule is NCC1(CN)CCCCC1CC1CO1. The lowest BCUT2D eigenvalue weighted by Crippen LogP contribution is -2.46. The van der Waals surface area contributed by atoms with Crippen LogP contribution in [-0.4, -0.2) is 25.8 Å². The number of ether oxygens (including phenoxy) is 1. The Morgan fingerprint density at radius 3 is 2.50 bits per heavy atom. The van der Waals surface area contributed by atoms with Gasteiger partial charge in [0.15, 0.2) is 0 Å². The molecular formula is C11H22N2O.